The molecule has 2 heteroatoms. The summed E-state index contributed by atoms with van der Waals surface area (Å²) in [5.74, 6) is 0.447. The molecule has 0 saturated carbocycles. The highest BCUT2D eigenvalue weighted by Crippen LogP contribution is 2.43. The molecule has 1 atom stereocenters. The first-order chi connectivity index (χ1) is 10.2. The molecular weight excluding hydrogens is 388 g/mol. The Morgan fingerprint density at radius 3 is 2.57 bits per heavy atom. The van der Waals surface area contributed by atoms with Crippen LogP contribution in [0.2, 0.25) is 0 Å². The minimum Gasteiger partial charge on any atom is -0.0624 e. The standard InChI is InChI=1S/C19H14Br2/c20-14-8-13(9-15(21)11-14)17-6-3-7-18-16-5-2-1-4-12(16)10-19(17)18/h1-8,11,13H,9-10H2. The third-order valence-electron chi connectivity index (χ3n) is 4.36. The van der Waals surface area contributed by atoms with E-state index in [4.69, 9.17) is 0 Å². The van der Waals surface area contributed by atoms with Gasteiger partial charge in [-0.25, -0.2) is 0 Å². The lowest BCUT2D eigenvalue weighted by molar-refractivity contribution is 0.834. The molecule has 4 rings (SSSR count). The zero-order chi connectivity index (χ0) is 14.4. The van der Waals surface area contributed by atoms with Crippen molar-refractivity contribution in [1.82, 2.24) is 0 Å². The first kappa shape index (κ1) is 13.5. The summed E-state index contributed by atoms with van der Waals surface area (Å²) in [5.41, 5.74) is 7.24. The quantitative estimate of drug-likeness (QED) is 0.448. The molecule has 2 aliphatic carbocycles. The molecule has 2 aliphatic rings. The van der Waals surface area contributed by atoms with Crippen LogP contribution in [0.1, 0.15) is 29.0 Å². The van der Waals surface area contributed by atoms with Gasteiger partial charge in [-0.15, -0.1) is 0 Å². The van der Waals surface area contributed by atoms with E-state index in [-0.39, 0.29) is 0 Å². The van der Waals surface area contributed by atoms with Gasteiger partial charge in [0.15, 0.2) is 0 Å². The van der Waals surface area contributed by atoms with E-state index in [1.165, 1.54) is 36.8 Å². The number of hydrogen-bond acceptors (Lipinski definition) is 0. The molecule has 1 unspecified atom stereocenters. The Balaban J connectivity index is 1.82. The zero-order valence-electron chi connectivity index (χ0n) is 11.4. The molecule has 0 nitrogen and oxygen atoms in total. The Bertz CT molecular complexity index is 784. The summed E-state index contributed by atoms with van der Waals surface area (Å²) in [6.07, 6.45) is 6.57. The van der Waals surface area contributed by atoms with Crippen molar-refractivity contribution in [1.29, 1.82) is 0 Å². The van der Waals surface area contributed by atoms with E-state index in [0.717, 1.165) is 12.8 Å². The lowest BCUT2D eigenvalue weighted by atomic mass is 9.87. The van der Waals surface area contributed by atoms with Crippen molar-refractivity contribution in [3.63, 3.8) is 0 Å². The van der Waals surface area contributed by atoms with Crippen LogP contribution >= 0.6 is 31.9 Å². The molecule has 0 fully saturated rings. The maximum atomic E-state index is 3.67. The van der Waals surface area contributed by atoms with Crippen molar-refractivity contribution in [2.45, 2.75) is 18.8 Å². The van der Waals surface area contributed by atoms with Crippen molar-refractivity contribution in [3.05, 3.63) is 80.3 Å². The summed E-state index contributed by atoms with van der Waals surface area (Å²) in [6, 6.07) is 15.5. The highest BCUT2D eigenvalue weighted by molar-refractivity contribution is 9.12. The van der Waals surface area contributed by atoms with Gasteiger partial charge < -0.3 is 0 Å². The monoisotopic (exact) mass is 400 g/mol. The van der Waals surface area contributed by atoms with Crippen molar-refractivity contribution in [2.24, 2.45) is 0 Å². The molecule has 2 aromatic carbocycles. The SMILES string of the molecule is BrC1=CC(c2cccc3c2Cc2ccccc2-3)CC(Br)=C1. The molecule has 0 heterocycles. The molecule has 0 N–H and O–H groups in total. The van der Waals surface area contributed by atoms with Crippen LogP contribution in [-0.2, 0) is 6.42 Å². The first-order valence-corrected chi connectivity index (χ1v) is 8.74. The van der Waals surface area contributed by atoms with Gasteiger partial charge in [0.25, 0.3) is 0 Å². The number of rotatable bonds is 1. The van der Waals surface area contributed by atoms with Gasteiger partial charge in [-0.1, -0.05) is 80.4 Å². The summed E-state index contributed by atoms with van der Waals surface area (Å²) >= 11 is 7.30. The lowest BCUT2D eigenvalue weighted by Gasteiger charge is -2.20. The maximum Gasteiger partial charge on any atom is 0.0149 e. The highest BCUT2D eigenvalue weighted by atomic mass is 79.9. The fourth-order valence-electron chi connectivity index (χ4n) is 3.45. The van der Waals surface area contributed by atoms with Gasteiger partial charge in [-0.3, -0.25) is 0 Å². The van der Waals surface area contributed by atoms with Crippen LogP contribution in [-0.4, -0.2) is 0 Å². The molecule has 21 heavy (non-hydrogen) atoms. The summed E-state index contributed by atoms with van der Waals surface area (Å²) in [5, 5.41) is 0. The molecule has 104 valence electrons. The Morgan fingerprint density at radius 2 is 1.71 bits per heavy atom. The van der Waals surface area contributed by atoms with Crippen LogP contribution in [0.3, 0.4) is 0 Å². The van der Waals surface area contributed by atoms with E-state index >= 15 is 0 Å². The average Bonchev–Trinajstić information content (AvgIpc) is 2.84. The molecule has 0 amide bonds. The average molecular weight is 402 g/mol. The van der Waals surface area contributed by atoms with Gasteiger partial charge in [0, 0.05) is 10.4 Å². The number of hydrogen-bond donors (Lipinski definition) is 0. The first-order valence-electron chi connectivity index (χ1n) is 7.16. The summed E-state index contributed by atoms with van der Waals surface area (Å²) in [6.45, 7) is 0. The van der Waals surface area contributed by atoms with Crippen LogP contribution < -0.4 is 0 Å². The molecular formula is C19H14Br2. The largest absolute Gasteiger partial charge is 0.0624 e. The molecule has 2 aromatic rings. The Morgan fingerprint density at radius 1 is 0.905 bits per heavy atom. The van der Waals surface area contributed by atoms with E-state index in [1.54, 1.807) is 0 Å². The number of halogens is 2. The number of fused-ring (bicyclic) bond motifs is 3. The summed E-state index contributed by atoms with van der Waals surface area (Å²) in [7, 11) is 0. The lowest BCUT2D eigenvalue weighted by Crippen LogP contribution is -2.03. The van der Waals surface area contributed by atoms with Gasteiger partial charge in [0.05, 0.1) is 0 Å². The van der Waals surface area contributed by atoms with Crippen molar-refractivity contribution in [3.8, 4) is 11.1 Å². The fraction of sp³-hybridized carbons (Fsp3) is 0.158. The van der Waals surface area contributed by atoms with E-state index < -0.39 is 0 Å². The molecule has 0 radical (unpaired) electrons. The maximum absolute atomic E-state index is 3.67. The summed E-state index contributed by atoms with van der Waals surface area (Å²) < 4.78 is 2.42. The second-order valence-electron chi connectivity index (χ2n) is 5.66. The van der Waals surface area contributed by atoms with Gasteiger partial charge in [-0.2, -0.15) is 0 Å². The molecule has 0 aliphatic heterocycles. The second-order valence-corrected chi connectivity index (χ2v) is 7.59. The predicted octanol–water partition coefficient (Wildman–Crippen LogP) is 6.30. The van der Waals surface area contributed by atoms with Crippen LogP contribution in [0.15, 0.2) is 63.6 Å². The van der Waals surface area contributed by atoms with Crippen molar-refractivity contribution < 1.29 is 0 Å². The smallest absolute Gasteiger partial charge is 0.0149 e. The van der Waals surface area contributed by atoms with Crippen LogP contribution in [0.5, 0.6) is 0 Å². The van der Waals surface area contributed by atoms with Crippen molar-refractivity contribution in [2.75, 3.05) is 0 Å². The minimum absolute atomic E-state index is 0.447. The topological polar surface area (TPSA) is 0 Å². The van der Waals surface area contributed by atoms with Crippen LogP contribution in [0.4, 0.5) is 0 Å². The third-order valence-corrected chi connectivity index (χ3v) is 5.40. The predicted molar refractivity (Wildman–Crippen MR) is 96.1 cm³/mol. The molecule has 0 bridgehead atoms. The Kier molecular flexibility index (Phi) is 3.39. The van der Waals surface area contributed by atoms with E-state index in [9.17, 15) is 0 Å². The molecule has 0 spiro atoms. The molecule has 0 aromatic heterocycles. The normalized spacial score (nSPS) is 19.6. The van der Waals surface area contributed by atoms with Gasteiger partial charge in [-0.05, 0) is 51.2 Å². The van der Waals surface area contributed by atoms with Crippen LogP contribution in [0.25, 0.3) is 11.1 Å². The Labute approximate surface area is 141 Å². The minimum atomic E-state index is 0.447. The number of benzene rings is 2. The van der Waals surface area contributed by atoms with E-state index in [0.29, 0.717) is 5.92 Å². The van der Waals surface area contributed by atoms with E-state index in [1.807, 2.05) is 0 Å². The highest BCUT2D eigenvalue weighted by Gasteiger charge is 2.24. The van der Waals surface area contributed by atoms with Crippen molar-refractivity contribution >= 4 is 31.9 Å². The molecule has 0 saturated heterocycles. The fourth-order valence-corrected chi connectivity index (χ4v) is 4.94. The van der Waals surface area contributed by atoms with E-state index in [2.05, 4.69) is 86.5 Å². The third kappa shape index (κ3) is 2.35. The van der Waals surface area contributed by atoms with Gasteiger partial charge in [0.2, 0.25) is 0 Å². The van der Waals surface area contributed by atoms with Gasteiger partial charge >= 0.3 is 0 Å². The van der Waals surface area contributed by atoms with Gasteiger partial charge in [0.1, 0.15) is 0 Å². The number of allylic oxidation sites excluding steroid dienone is 4. The van der Waals surface area contributed by atoms with Crippen LogP contribution in [0, 0.1) is 0 Å². The Hall–Kier alpha value is -1.12. The second kappa shape index (κ2) is 5.26. The summed E-state index contributed by atoms with van der Waals surface area (Å²) in [4.78, 5) is 0. The zero-order valence-corrected chi connectivity index (χ0v) is 14.6.